The molecule has 0 bridgehead atoms. The quantitative estimate of drug-likeness (QED) is 0.749. The number of hydrogen-bond acceptors (Lipinski definition) is 3. The van der Waals surface area contributed by atoms with Gasteiger partial charge >= 0.3 is 0 Å². The first-order valence-electron chi connectivity index (χ1n) is 3.88. The highest BCUT2D eigenvalue weighted by Gasteiger charge is 2.06. The van der Waals surface area contributed by atoms with Crippen molar-refractivity contribution in [2.75, 3.05) is 0 Å². The Morgan fingerprint density at radius 1 is 1.46 bits per heavy atom. The highest BCUT2D eigenvalue weighted by molar-refractivity contribution is 7.17. The summed E-state index contributed by atoms with van der Waals surface area (Å²) in [7, 11) is 0. The van der Waals surface area contributed by atoms with Gasteiger partial charge in [-0.15, -0.1) is 11.3 Å². The monoisotopic (exact) mass is 189 g/mol. The normalized spacial score (nSPS) is 10.1. The minimum absolute atomic E-state index is 0.268. The Hall–Kier alpha value is -1.53. The molecule has 0 spiro atoms. The van der Waals surface area contributed by atoms with Crippen LogP contribution in [0.2, 0.25) is 0 Å². The van der Waals surface area contributed by atoms with Crippen LogP contribution in [0.1, 0.15) is 5.56 Å². The maximum absolute atomic E-state index is 9.56. The van der Waals surface area contributed by atoms with Gasteiger partial charge < -0.3 is 5.11 Å². The third-order valence-electron chi connectivity index (χ3n) is 1.92. The van der Waals surface area contributed by atoms with Crippen molar-refractivity contribution in [3.63, 3.8) is 0 Å². The molecular formula is C10H7NOS. The van der Waals surface area contributed by atoms with Gasteiger partial charge in [-0.05, 0) is 23.1 Å². The van der Waals surface area contributed by atoms with Gasteiger partial charge in [-0.2, -0.15) is 5.26 Å². The van der Waals surface area contributed by atoms with Crippen LogP contribution in [0.25, 0.3) is 10.1 Å². The van der Waals surface area contributed by atoms with E-state index in [0.29, 0.717) is 6.42 Å². The van der Waals surface area contributed by atoms with E-state index in [4.69, 9.17) is 5.26 Å². The molecule has 1 aromatic carbocycles. The number of hydrogen-bond donors (Lipinski definition) is 1. The molecule has 0 unspecified atom stereocenters. The minimum atomic E-state index is 0.268. The van der Waals surface area contributed by atoms with Crippen LogP contribution in [-0.2, 0) is 6.42 Å². The van der Waals surface area contributed by atoms with Crippen LogP contribution in [0.15, 0.2) is 23.6 Å². The van der Waals surface area contributed by atoms with Crippen LogP contribution >= 0.6 is 11.3 Å². The lowest BCUT2D eigenvalue weighted by atomic mass is 10.1. The van der Waals surface area contributed by atoms with E-state index < -0.39 is 0 Å². The summed E-state index contributed by atoms with van der Waals surface area (Å²) in [5.41, 5.74) is 0.917. The standard InChI is InChI=1S/C10H7NOS/c11-5-4-7-6-13-9-3-1-2-8(12)10(7)9/h1-3,6,12H,4H2. The molecule has 0 fully saturated rings. The molecule has 0 amide bonds. The third-order valence-corrected chi connectivity index (χ3v) is 2.92. The number of benzene rings is 1. The van der Waals surface area contributed by atoms with Crippen molar-refractivity contribution in [2.45, 2.75) is 6.42 Å². The number of phenols is 1. The molecule has 3 heteroatoms. The molecule has 0 aliphatic heterocycles. The zero-order valence-electron chi connectivity index (χ0n) is 6.82. The van der Waals surface area contributed by atoms with Crippen LogP contribution < -0.4 is 0 Å². The van der Waals surface area contributed by atoms with Gasteiger partial charge in [0, 0.05) is 10.1 Å². The summed E-state index contributed by atoms with van der Waals surface area (Å²) < 4.78 is 1.03. The number of nitriles is 1. The van der Waals surface area contributed by atoms with E-state index in [9.17, 15) is 5.11 Å². The second-order valence-electron chi connectivity index (χ2n) is 2.75. The lowest BCUT2D eigenvalue weighted by Crippen LogP contribution is -1.77. The maximum atomic E-state index is 9.56. The fraction of sp³-hybridized carbons (Fsp3) is 0.100. The predicted octanol–water partition coefficient (Wildman–Crippen LogP) is 2.67. The first kappa shape index (κ1) is 8.09. The Labute approximate surface area is 79.7 Å². The molecular weight excluding hydrogens is 182 g/mol. The second kappa shape index (κ2) is 3.08. The van der Waals surface area contributed by atoms with E-state index in [-0.39, 0.29) is 5.75 Å². The zero-order chi connectivity index (χ0) is 9.26. The average molecular weight is 189 g/mol. The molecule has 0 saturated heterocycles. The van der Waals surface area contributed by atoms with Gasteiger partial charge in [-0.1, -0.05) is 6.07 Å². The van der Waals surface area contributed by atoms with Crippen LogP contribution in [0.5, 0.6) is 5.75 Å². The van der Waals surface area contributed by atoms with Gasteiger partial charge in [0.1, 0.15) is 5.75 Å². The summed E-state index contributed by atoms with van der Waals surface area (Å²) in [6.45, 7) is 0. The first-order chi connectivity index (χ1) is 6.33. The predicted molar refractivity (Wildman–Crippen MR) is 52.8 cm³/mol. The van der Waals surface area contributed by atoms with Crippen molar-refractivity contribution in [3.8, 4) is 11.8 Å². The van der Waals surface area contributed by atoms with Crippen molar-refractivity contribution < 1.29 is 5.11 Å². The summed E-state index contributed by atoms with van der Waals surface area (Å²) in [5.74, 6) is 0.268. The molecule has 0 atom stereocenters. The summed E-state index contributed by atoms with van der Waals surface area (Å²) in [4.78, 5) is 0. The lowest BCUT2D eigenvalue weighted by molar-refractivity contribution is 0.481. The maximum Gasteiger partial charge on any atom is 0.124 e. The topological polar surface area (TPSA) is 44.0 Å². The molecule has 2 rings (SSSR count). The molecule has 1 aromatic heterocycles. The number of aromatic hydroxyl groups is 1. The molecule has 0 aliphatic carbocycles. The number of thiophene rings is 1. The highest BCUT2D eigenvalue weighted by atomic mass is 32.1. The number of fused-ring (bicyclic) bond motifs is 1. The molecule has 1 N–H and O–H groups in total. The lowest BCUT2D eigenvalue weighted by Gasteiger charge is -1.95. The number of rotatable bonds is 1. The molecule has 2 nitrogen and oxygen atoms in total. The fourth-order valence-electron chi connectivity index (χ4n) is 1.35. The van der Waals surface area contributed by atoms with Crippen LogP contribution in [0.4, 0.5) is 0 Å². The fourth-order valence-corrected chi connectivity index (χ4v) is 2.33. The van der Waals surface area contributed by atoms with Crippen LogP contribution in [-0.4, -0.2) is 5.11 Å². The van der Waals surface area contributed by atoms with E-state index in [2.05, 4.69) is 6.07 Å². The molecule has 2 aromatic rings. The van der Waals surface area contributed by atoms with Crippen molar-refractivity contribution in [2.24, 2.45) is 0 Å². The number of phenolic OH excluding ortho intramolecular Hbond substituents is 1. The molecule has 0 radical (unpaired) electrons. The Morgan fingerprint density at radius 2 is 2.31 bits per heavy atom. The first-order valence-corrected chi connectivity index (χ1v) is 4.76. The summed E-state index contributed by atoms with van der Waals surface area (Å²) >= 11 is 1.56. The van der Waals surface area contributed by atoms with Gasteiger partial charge in [0.25, 0.3) is 0 Å². The van der Waals surface area contributed by atoms with Gasteiger partial charge in [0.2, 0.25) is 0 Å². The molecule has 0 aliphatic rings. The summed E-state index contributed by atoms with van der Waals surface area (Å²) in [6, 6.07) is 7.49. The minimum Gasteiger partial charge on any atom is -0.507 e. The van der Waals surface area contributed by atoms with Crippen molar-refractivity contribution >= 4 is 21.4 Å². The van der Waals surface area contributed by atoms with Gasteiger partial charge in [-0.25, -0.2) is 0 Å². The van der Waals surface area contributed by atoms with Crippen molar-refractivity contribution in [1.29, 1.82) is 5.26 Å². The highest BCUT2D eigenvalue weighted by Crippen LogP contribution is 2.32. The SMILES string of the molecule is N#CCc1csc2cccc(O)c12. The zero-order valence-corrected chi connectivity index (χ0v) is 7.64. The summed E-state index contributed by atoms with van der Waals surface area (Å²) in [6.07, 6.45) is 0.359. The molecule has 0 saturated carbocycles. The third kappa shape index (κ3) is 1.25. The second-order valence-corrected chi connectivity index (χ2v) is 3.66. The Morgan fingerprint density at radius 3 is 3.08 bits per heavy atom. The Kier molecular flexibility index (Phi) is 1.91. The Bertz CT molecular complexity index is 481. The van der Waals surface area contributed by atoms with Crippen molar-refractivity contribution in [3.05, 3.63) is 29.1 Å². The molecule has 1 heterocycles. The summed E-state index contributed by atoms with van der Waals surface area (Å²) in [5, 5.41) is 20.9. The van der Waals surface area contributed by atoms with Crippen LogP contribution in [0, 0.1) is 11.3 Å². The average Bonchev–Trinajstić information content (AvgIpc) is 2.51. The largest absolute Gasteiger partial charge is 0.507 e. The Balaban J connectivity index is 2.73. The van der Waals surface area contributed by atoms with E-state index in [1.54, 1.807) is 17.4 Å². The molecule has 13 heavy (non-hydrogen) atoms. The van der Waals surface area contributed by atoms with E-state index in [1.807, 2.05) is 17.5 Å². The smallest absolute Gasteiger partial charge is 0.124 e. The van der Waals surface area contributed by atoms with E-state index in [1.165, 1.54) is 0 Å². The molecule has 64 valence electrons. The van der Waals surface area contributed by atoms with Gasteiger partial charge in [0.15, 0.2) is 0 Å². The number of nitrogens with zero attached hydrogens (tertiary/aromatic N) is 1. The van der Waals surface area contributed by atoms with E-state index >= 15 is 0 Å². The van der Waals surface area contributed by atoms with Crippen molar-refractivity contribution in [1.82, 2.24) is 0 Å². The van der Waals surface area contributed by atoms with E-state index in [0.717, 1.165) is 15.6 Å². The van der Waals surface area contributed by atoms with Gasteiger partial charge in [-0.3, -0.25) is 0 Å². The van der Waals surface area contributed by atoms with Crippen LogP contribution in [0.3, 0.4) is 0 Å². The van der Waals surface area contributed by atoms with Gasteiger partial charge in [0.05, 0.1) is 12.5 Å².